The quantitative estimate of drug-likeness (QED) is 0.618. The maximum absolute atomic E-state index is 12.9. The van der Waals surface area contributed by atoms with Crippen molar-refractivity contribution in [3.05, 3.63) is 88.6 Å². The Morgan fingerprint density at radius 1 is 1.03 bits per heavy atom. The van der Waals surface area contributed by atoms with Crippen molar-refractivity contribution in [2.75, 3.05) is 11.9 Å². The summed E-state index contributed by atoms with van der Waals surface area (Å²) in [4.78, 5) is 43.6. The minimum absolute atomic E-state index is 0.0574. The van der Waals surface area contributed by atoms with Crippen molar-refractivity contribution in [2.45, 2.75) is 20.4 Å². The van der Waals surface area contributed by atoms with E-state index in [2.05, 4.69) is 10.3 Å². The molecule has 2 aromatic carbocycles. The van der Waals surface area contributed by atoms with Crippen LogP contribution < -0.4 is 10.1 Å². The van der Waals surface area contributed by atoms with Crippen molar-refractivity contribution in [3.63, 3.8) is 0 Å². The van der Waals surface area contributed by atoms with Gasteiger partial charge in [0.2, 0.25) is 0 Å². The number of benzene rings is 2. The number of hydrogen-bond donors (Lipinski definition) is 1. The summed E-state index contributed by atoms with van der Waals surface area (Å²) in [7, 11) is 0. The fourth-order valence-electron chi connectivity index (χ4n) is 3.43. The Morgan fingerprint density at radius 2 is 1.74 bits per heavy atom. The minimum Gasteiger partial charge on any atom is -0.493 e. The molecule has 0 radical (unpaired) electrons. The lowest BCUT2D eigenvalue weighted by Crippen LogP contribution is -2.29. The number of pyridine rings is 1. The number of hydrogen-bond acceptors (Lipinski definition) is 5. The number of ether oxygens (including phenoxy) is 1. The summed E-state index contributed by atoms with van der Waals surface area (Å²) in [5, 5.41) is 2.76. The van der Waals surface area contributed by atoms with Crippen molar-refractivity contribution in [1.82, 2.24) is 9.88 Å². The van der Waals surface area contributed by atoms with Crippen LogP contribution in [0.2, 0.25) is 0 Å². The summed E-state index contributed by atoms with van der Waals surface area (Å²) in [6, 6.07) is 15.4. The molecule has 4 rings (SSSR count). The highest BCUT2D eigenvalue weighted by atomic mass is 16.5. The molecule has 1 aromatic heterocycles. The maximum Gasteiger partial charge on any atom is 0.261 e. The third kappa shape index (κ3) is 4.02. The maximum atomic E-state index is 12.9. The number of carbonyl (C=O) groups is 3. The molecule has 0 fully saturated rings. The number of nitrogens with one attached hydrogen (secondary N) is 1. The molecule has 0 spiro atoms. The van der Waals surface area contributed by atoms with Gasteiger partial charge in [-0.3, -0.25) is 19.3 Å². The zero-order valence-electron chi connectivity index (χ0n) is 17.2. The van der Waals surface area contributed by atoms with Gasteiger partial charge in [-0.15, -0.1) is 0 Å². The molecule has 2 heterocycles. The van der Waals surface area contributed by atoms with Crippen LogP contribution in [0.4, 0.5) is 5.82 Å². The Hall–Kier alpha value is -4.00. The topological polar surface area (TPSA) is 88.6 Å². The second-order valence-corrected chi connectivity index (χ2v) is 7.18. The van der Waals surface area contributed by atoms with Crippen LogP contribution in [0, 0.1) is 6.92 Å². The number of aromatic nitrogens is 1. The van der Waals surface area contributed by atoms with Crippen LogP contribution in [0.25, 0.3) is 0 Å². The van der Waals surface area contributed by atoms with Gasteiger partial charge in [-0.25, -0.2) is 4.98 Å². The largest absolute Gasteiger partial charge is 0.493 e. The summed E-state index contributed by atoms with van der Waals surface area (Å²) < 4.78 is 5.60. The molecule has 7 heteroatoms. The van der Waals surface area contributed by atoms with Gasteiger partial charge in [0.1, 0.15) is 11.6 Å². The van der Waals surface area contributed by atoms with Gasteiger partial charge in [-0.05, 0) is 55.3 Å². The molecule has 3 amide bonds. The molecule has 31 heavy (non-hydrogen) atoms. The second kappa shape index (κ2) is 8.39. The summed E-state index contributed by atoms with van der Waals surface area (Å²) >= 11 is 0. The third-order valence-corrected chi connectivity index (χ3v) is 4.96. The molecule has 156 valence electrons. The van der Waals surface area contributed by atoms with Gasteiger partial charge in [-0.2, -0.15) is 0 Å². The first kappa shape index (κ1) is 20.3. The molecule has 3 aromatic rings. The standard InChI is InChI=1S/C24H21N3O4/c1-3-31-20-10-9-16(12-19(20)22(28)26-21-11-8-15(2)13-25-21)14-27-23(29)17-6-4-5-7-18(17)24(27)30/h4-13H,3,14H2,1-2H3,(H,25,26,28). The van der Waals surface area contributed by atoms with E-state index in [0.29, 0.717) is 40.4 Å². The highest BCUT2D eigenvalue weighted by molar-refractivity contribution is 6.21. The van der Waals surface area contributed by atoms with E-state index < -0.39 is 0 Å². The molecule has 0 saturated carbocycles. The van der Waals surface area contributed by atoms with Gasteiger partial charge < -0.3 is 10.1 Å². The summed E-state index contributed by atoms with van der Waals surface area (Å²) in [5.41, 5.74) is 2.71. The number of carbonyl (C=O) groups excluding carboxylic acids is 3. The molecule has 0 aliphatic carbocycles. The van der Waals surface area contributed by atoms with E-state index in [-0.39, 0.29) is 24.3 Å². The molecule has 0 atom stereocenters. The Balaban J connectivity index is 1.60. The Kier molecular flexibility index (Phi) is 5.49. The van der Waals surface area contributed by atoms with Crippen LogP contribution >= 0.6 is 0 Å². The highest BCUT2D eigenvalue weighted by Gasteiger charge is 2.35. The molecule has 1 N–H and O–H groups in total. The van der Waals surface area contributed by atoms with Gasteiger partial charge in [0.25, 0.3) is 17.7 Å². The zero-order chi connectivity index (χ0) is 22.0. The third-order valence-electron chi connectivity index (χ3n) is 4.96. The molecule has 0 saturated heterocycles. The van der Waals surface area contributed by atoms with Crippen molar-refractivity contribution >= 4 is 23.5 Å². The van der Waals surface area contributed by atoms with Crippen molar-refractivity contribution in [3.8, 4) is 5.75 Å². The number of imide groups is 1. The average molecular weight is 415 g/mol. The predicted octanol–water partition coefficient (Wildman–Crippen LogP) is 3.84. The van der Waals surface area contributed by atoms with Gasteiger partial charge in [0.05, 0.1) is 29.8 Å². The lowest BCUT2D eigenvalue weighted by Gasteiger charge is -2.16. The number of aryl methyl sites for hydroxylation is 1. The summed E-state index contributed by atoms with van der Waals surface area (Å²) in [6.07, 6.45) is 1.66. The minimum atomic E-state index is -0.385. The van der Waals surface area contributed by atoms with E-state index in [9.17, 15) is 14.4 Å². The van der Waals surface area contributed by atoms with Gasteiger partial charge >= 0.3 is 0 Å². The number of rotatable bonds is 6. The highest BCUT2D eigenvalue weighted by Crippen LogP contribution is 2.27. The first-order valence-corrected chi connectivity index (χ1v) is 9.93. The van der Waals surface area contributed by atoms with E-state index in [1.54, 1.807) is 54.7 Å². The van der Waals surface area contributed by atoms with Crippen molar-refractivity contribution in [1.29, 1.82) is 0 Å². The average Bonchev–Trinajstić information content (AvgIpc) is 3.01. The fraction of sp³-hybridized carbons (Fsp3) is 0.167. The fourth-order valence-corrected chi connectivity index (χ4v) is 3.43. The second-order valence-electron chi connectivity index (χ2n) is 7.18. The smallest absolute Gasteiger partial charge is 0.261 e. The molecule has 1 aliphatic heterocycles. The van der Waals surface area contributed by atoms with Crippen LogP contribution in [0.3, 0.4) is 0 Å². The molecular weight excluding hydrogens is 394 g/mol. The van der Waals surface area contributed by atoms with Crippen LogP contribution in [0.5, 0.6) is 5.75 Å². The Morgan fingerprint density at radius 3 is 2.35 bits per heavy atom. The number of anilines is 1. The van der Waals surface area contributed by atoms with Crippen molar-refractivity contribution < 1.29 is 19.1 Å². The van der Waals surface area contributed by atoms with E-state index >= 15 is 0 Å². The predicted molar refractivity (Wildman–Crippen MR) is 115 cm³/mol. The van der Waals surface area contributed by atoms with Gasteiger partial charge in [0, 0.05) is 6.20 Å². The Bertz CT molecular complexity index is 1140. The molecule has 7 nitrogen and oxygen atoms in total. The Labute approximate surface area is 179 Å². The van der Waals surface area contributed by atoms with Crippen molar-refractivity contribution in [2.24, 2.45) is 0 Å². The molecule has 0 unspecified atom stereocenters. The number of amides is 3. The SMILES string of the molecule is CCOc1ccc(CN2C(=O)c3ccccc3C2=O)cc1C(=O)Nc1ccc(C)cn1. The van der Waals surface area contributed by atoms with Crippen LogP contribution in [0.1, 0.15) is 49.1 Å². The van der Waals surface area contributed by atoms with E-state index in [0.717, 1.165) is 5.56 Å². The van der Waals surface area contributed by atoms with Crippen LogP contribution in [0.15, 0.2) is 60.8 Å². The lowest BCUT2D eigenvalue weighted by atomic mass is 10.1. The molecule has 0 bridgehead atoms. The number of fused-ring (bicyclic) bond motifs is 1. The first-order valence-electron chi connectivity index (χ1n) is 9.93. The first-order chi connectivity index (χ1) is 15.0. The normalized spacial score (nSPS) is 12.6. The van der Waals surface area contributed by atoms with Gasteiger partial charge in [-0.1, -0.05) is 24.3 Å². The zero-order valence-corrected chi connectivity index (χ0v) is 17.2. The van der Waals surface area contributed by atoms with E-state index in [1.165, 1.54) is 4.90 Å². The van der Waals surface area contributed by atoms with Crippen LogP contribution in [-0.2, 0) is 6.54 Å². The molecular formula is C24H21N3O4. The lowest BCUT2D eigenvalue weighted by molar-refractivity contribution is 0.0642. The monoisotopic (exact) mass is 415 g/mol. The number of nitrogens with zero attached hydrogens (tertiary/aromatic N) is 2. The van der Waals surface area contributed by atoms with E-state index in [4.69, 9.17) is 4.74 Å². The van der Waals surface area contributed by atoms with Crippen LogP contribution in [-0.4, -0.2) is 34.2 Å². The summed E-state index contributed by atoms with van der Waals surface area (Å²) in [5.74, 6) is -0.236. The summed E-state index contributed by atoms with van der Waals surface area (Å²) in [6.45, 7) is 4.19. The van der Waals surface area contributed by atoms with Gasteiger partial charge in [0.15, 0.2) is 0 Å². The molecule has 1 aliphatic rings. The van der Waals surface area contributed by atoms with E-state index in [1.807, 2.05) is 19.9 Å².